The minimum absolute atomic E-state index is 0.0368. The quantitative estimate of drug-likeness (QED) is 0.832. The van der Waals surface area contributed by atoms with Gasteiger partial charge in [-0.05, 0) is 36.0 Å². The third-order valence-electron chi connectivity index (χ3n) is 4.27. The predicted octanol–water partition coefficient (Wildman–Crippen LogP) is 4.42. The molecule has 0 amide bonds. The molecule has 1 aliphatic rings. The van der Waals surface area contributed by atoms with Crippen molar-refractivity contribution in [3.8, 4) is 0 Å². The van der Waals surface area contributed by atoms with E-state index in [-0.39, 0.29) is 5.56 Å². The van der Waals surface area contributed by atoms with Crippen LogP contribution >= 0.6 is 0 Å². The van der Waals surface area contributed by atoms with Gasteiger partial charge in [-0.15, -0.1) is 0 Å². The van der Waals surface area contributed by atoms with Gasteiger partial charge < -0.3 is 5.73 Å². The Balaban J connectivity index is 1.87. The van der Waals surface area contributed by atoms with Crippen molar-refractivity contribution in [1.29, 1.82) is 0 Å². The minimum Gasteiger partial charge on any atom is -0.320 e. The maximum atomic E-state index is 13.8. The molecule has 0 radical (unpaired) electrons. The second kappa shape index (κ2) is 5.53. The van der Waals surface area contributed by atoms with Gasteiger partial charge in [0.25, 0.3) is 0 Å². The normalized spacial score (nSPS) is 16.6. The van der Waals surface area contributed by atoms with Gasteiger partial charge in [0.05, 0.1) is 6.04 Å². The van der Waals surface area contributed by atoms with Gasteiger partial charge in [0.1, 0.15) is 0 Å². The Labute approximate surface area is 121 Å². The maximum absolute atomic E-state index is 13.8. The summed E-state index contributed by atoms with van der Waals surface area (Å²) in [4.78, 5) is 0. The SMILES string of the molecule is NC(c1ccc(C2CCC2)cc1)c1ccc(F)c(F)c1F. The first-order chi connectivity index (χ1) is 10.1. The van der Waals surface area contributed by atoms with E-state index in [9.17, 15) is 13.2 Å². The molecule has 0 heterocycles. The van der Waals surface area contributed by atoms with Crippen molar-refractivity contribution in [2.45, 2.75) is 31.2 Å². The van der Waals surface area contributed by atoms with E-state index < -0.39 is 23.5 Å². The van der Waals surface area contributed by atoms with Gasteiger partial charge >= 0.3 is 0 Å². The van der Waals surface area contributed by atoms with Gasteiger partial charge in [0, 0.05) is 5.56 Å². The standard InChI is InChI=1S/C17H16F3N/c18-14-9-8-13(15(19)16(14)20)17(21)12-6-4-11(5-7-12)10-2-1-3-10/h4-10,17H,1-3,21H2. The van der Waals surface area contributed by atoms with Crippen LogP contribution in [0.5, 0.6) is 0 Å². The Morgan fingerprint density at radius 2 is 1.57 bits per heavy atom. The molecule has 4 heteroatoms. The fourth-order valence-electron chi connectivity index (χ4n) is 2.68. The second-order valence-electron chi connectivity index (χ2n) is 5.54. The van der Waals surface area contributed by atoms with Crippen LogP contribution in [0.2, 0.25) is 0 Å². The lowest BCUT2D eigenvalue weighted by Crippen LogP contribution is -2.15. The zero-order valence-corrected chi connectivity index (χ0v) is 11.5. The van der Waals surface area contributed by atoms with Crippen molar-refractivity contribution < 1.29 is 13.2 Å². The smallest absolute Gasteiger partial charge is 0.194 e. The average molecular weight is 291 g/mol. The minimum atomic E-state index is -1.48. The van der Waals surface area contributed by atoms with E-state index >= 15 is 0 Å². The summed E-state index contributed by atoms with van der Waals surface area (Å²) in [5, 5.41) is 0. The van der Waals surface area contributed by atoms with Crippen molar-refractivity contribution in [2.75, 3.05) is 0 Å². The molecule has 21 heavy (non-hydrogen) atoms. The summed E-state index contributed by atoms with van der Waals surface area (Å²) in [5.41, 5.74) is 7.88. The van der Waals surface area contributed by atoms with Crippen molar-refractivity contribution in [3.05, 3.63) is 70.5 Å². The molecule has 110 valence electrons. The first-order valence-electron chi connectivity index (χ1n) is 7.06. The zero-order chi connectivity index (χ0) is 15.0. The molecule has 2 aromatic rings. The van der Waals surface area contributed by atoms with Gasteiger partial charge in [0.15, 0.2) is 17.5 Å². The van der Waals surface area contributed by atoms with Gasteiger partial charge in [-0.25, -0.2) is 13.2 Å². The predicted molar refractivity (Wildman–Crippen MR) is 75.4 cm³/mol. The Bertz CT molecular complexity index is 648. The van der Waals surface area contributed by atoms with Crippen molar-refractivity contribution in [1.82, 2.24) is 0 Å². The lowest BCUT2D eigenvalue weighted by atomic mass is 9.79. The fraction of sp³-hybridized carbons (Fsp3) is 0.294. The fourth-order valence-corrected chi connectivity index (χ4v) is 2.68. The van der Waals surface area contributed by atoms with Gasteiger partial charge in [-0.1, -0.05) is 36.8 Å². The first kappa shape index (κ1) is 14.1. The lowest BCUT2D eigenvalue weighted by Gasteiger charge is -2.26. The third-order valence-corrected chi connectivity index (χ3v) is 4.27. The van der Waals surface area contributed by atoms with E-state index in [0.717, 1.165) is 6.07 Å². The molecule has 1 atom stereocenters. The van der Waals surface area contributed by atoms with Crippen LogP contribution in [0.3, 0.4) is 0 Å². The van der Waals surface area contributed by atoms with E-state index in [1.165, 1.54) is 30.9 Å². The molecule has 0 spiro atoms. The first-order valence-corrected chi connectivity index (χ1v) is 7.06. The van der Waals surface area contributed by atoms with Crippen molar-refractivity contribution in [2.24, 2.45) is 5.73 Å². The van der Waals surface area contributed by atoms with E-state index in [4.69, 9.17) is 5.73 Å². The number of rotatable bonds is 3. The van der Waals surface area contributed by atoms with Crippen LogP contribution in [0.15, 0.2) is 36.4 Å². The van der Waals surface area contributed by atoms with E-state index in [1.807, 2.05) is 24.3 Å². The Hall–Kier alpha value is -1.81. The number of nitrogens with two attached hydrogens (primary N) is 1. The van der Waals surface area contributed by atoms with Gasteiger partial charge in [0.2, 0.25) is 0 Å². The van der Waals surface area contributed by atoms with E-state index in [1.54, 1.807) is 0 Å². The number of benzene rings is 2. The lowest BCUT2D eigenvalue weighted by molar-refractivity contribution is 0.419. The Morgan fingerprint density at radius 1 is 0.905 bits per heavy atom. The molecule has 1 nitrogen and oxygen atoms in total. The molecule has 1 fully saturated rings. The summed E-state index contributed by atoms with van der Waals surface area (Å²) in [7, 11) is 0. The maximum Gasteiger partial charge on any atom is 0.194 e. The van der Waals surface area contributed by atoms with Crippen LogP contribution in [-0.2, 0) is 0 Å². The molecule has 0 aliphatic heterocycles. The van der Waals surface area contributed by atoms with Crippen LogP contribution in [0.1, 0.15) is 47.9 Å². The highest BCUT2D eigenvalue weighted by molar-refractivity contribution is 5.35. The summed E-state index contributed by atoms with van der Waals surface area (Å²) in [5.74, 6) is -3.29. The molecule has 3 rings (SSSR count). The summed E-state index contributed by atoms with van der Waals surface area (Å²) in [6, 6.07) is 8.91. The molecular weight excluding hydrogens is 275 g/mol. The third kappa shape index (κ3) is 2.56. The molecule has 2 aromatic carbocycles. The Kier molecular flexibility index (Phi) is 3.72. The zero-order valence-electron chi connectivity index (χ0n) is 11.5. The number of hydrogen-bond acceptors (Lipinski definition) is 1. The van der Waals surface area contributed by atoms with E-state index in [0.29, 0.717) is 11.5 Å². The van der Waals surface area contributed by atoms with Crippen molar-refractivity contribution in [3.63, 3.8) is 0 Å². The van der Waals surface area contributed by atoms with Crippen LogP contribution in [-0.4, -0.2) is 0 Å². The topological polar surface area (TPSA) is 26.0 Å². The van der Waals surface area contributed by atoms with E-state index in [2.05, 4.69) is 0 Å². The monoisotopic (exact) mass is 291 g/mol. The highest BCUT2D eigenvalue weighted by Gasteiger charge is 2.21. The molecule has 0 bridgehead atoms. The Morgan fingerprint density at radius 3 is 2.14 bits per heavy atom. The summed E-state index contributed by atoms with van der Waals surface area (Å²) >= 11 is 0. The summed E-state index contributed by atoms with van der Waals surface area (Å²) in [6.45, 7) is 0. The molecule has 2 N–H and O–H groups in total. The number of halogens is 3. The van der Waals surface area contributed by atoms with Crippen LogP contribution in [0.4, 0.5) is 13.2 Å². The van der Waals surface area contributed by atoms with Crippen molar-refractivity contribution >= 4 is 0 Å². The van der Waals surface area contributed by atoms with Crippen LogP contribution in [0, 0.1) is 17.5 Å². The molecule has 1 saturated carbocycles. The van der Waals surface area contributed by atoms with Gasteiger partial charge in [-0.3, -0.25) is 0 Å². The average Bonchev–Trinajstić information content (AvgIpc) is 2.43. The molecular formula is C17H16F3N. The van der Waals surface area contributed by atoms with Crippen LogP contribution in [0.25, 0.3) is 0 Å². The molecule has 0 saturated heterocycles. The largest absolute Gasteiger partial charge is 0.320 e. The second-order valence-corrected chi connectivity index (χ2v) is 5.54. The number of hydrogen-bond donors (Lipinski definition) is 1. The molecule has 0 aromatic heterocycles. The highest BCUT2D eigenvalue weighted by atomic mass is 19.2. The van der Waals surface area contributed by atoms with Crippen LogP contribution < -0.4 is 5.73 Å². The molecule has 1 unspecified atom stereocenters. The molecule has 1 aliphatic carbocycles. The highest BCUT2D eigenvalue weighted by Crippen LogP contribution is 2.36. The summed E-state index contributed by atoms with van der Waals surface area (Å²) in [6.07, 6.45) is 3.65. The summed E-state index contributed by atoms with van der Waals surface area (Å²) < 4.78 is 40.0. The van der Waals surface area contributed by atoms with Gasteiger partial charge in [-0.2, -0.15) is 0 Å².